The van der Waals surface area contributed by atoms with E-state index in [0.29, 0.717) is 23.6 Å². The van der Waals surface area contributed by atoms with Gasteiger partial charge in [-0.3, -0.25) is 14.5 Å². The summed E-state index contributed by atoms with van der Waals surface area (Å²) in [5.74, 6) is -0.396. The second-order valence-corrected chi connectivity index (χ2v) is 7.63. The highest BCUT2D eigenvalue weighted by molar-refractivity contribution is 6.33. The van der Waals surface area contributed by atoms with Crippen LogP contribution in [0.2, 0.25) is 5.02 Å². The molecule has 1 fully saturated rings. The maximum absolute atomic E-state index is 12.9. The zero-order chi connectivity index (χ0) is 20.0. The number of nitriles is 1. The van der Waals surface area contributed by atoms with E-state index in [2.05, 4.69) is 11.4 Å². The molecule has 0 aliphatic heterocycles. The van der Waals surface area contributed by atoms with Crippen LogP contribution >= 0.6 is 11.6 Å². The quantitative estimate of drug-likeness (QED) is 0.808. The normalized spacial score (nSPS) is 17.0. The molecule has 7 heteroatoms. The number of carbonyl (C=O) groups excluding carboxylic acids is 2. The van der Waals surface area contributed by atoms with Gasteiger partial charge < -0.3 is 10.2 Å². The molecule has 0 spiro atoms. The molecule has 1 N–H and O–H groups in total. The van der Waals surface area contributed by atoms with E-state index >= 15 is 0 Å². The SMILES string of the molecule is CC(C(=O)N(C)C1(C#N)CCCCC1)N(C)CC(=O)Nc1ccccc1Cl. The maximum atomic E-state index is 12.9. The van der Waals surface area contributed by atoms with Gasteiger partial charge in [-0.1, -0.05) is 43.0 Å². The van der Waals surface area contributed by atoms with Gasteiger partial charge in [0, 0.05) is 7.05 Å². The Labute approximate surface area is 166 Å². The van der Waals surface area contributed by atoms with Gasteiger partial charge in [-0.25, -0.2) is 0 Å². The largest absolute Gasteiger partial charge is 0.326 e. The van der Waals surface area contributed by atoms with Crippen molar-refractivity contribution in [3.63, 3.8) is 0 Å². The van der Waals surface area contributed by atoms with Gasteiger partial charge in [-0.15, -0.1) is 0 Å². The third-order valence-corrected chi connectivity index (χ3v) is 5.75. The van der Waals surface area contributed by atoms with E-state index in [1.807, 2.05) is 0 Å². The monoisotopic (exact) mass is 390 g/mol. The molecule has 0 aromatic heterocycles. The van der Waals surface area contributed by atoms with Gasteiger partial charge in [0.05, 0.1) is 29.4 Å². The summed E-state index contributed by atoms with van der Waals surface area (Å²) in [6.45, 7) is 1.81. The summed E-state index contributed by atoms with van der Waals surface area (Å²) >= 11 is 6.06. The van der Waals surface area contributed by atoms with Crippen LogP contribution in [0.25, 0.3) is 0 Å². The number of rotatable bonds is 6. The number of amides is 2. The van der Waals surface area contributed by atoms with Crippen molar-refractivity contribution in [3.8, 4) is 6.07 Å². The molecule has 0 radical (unpaired) electrons. The number of nitrogens with one attached hydrogen (secondary N) is 1. The highest BCUT2D eigenvalue weighted by Gasteiger charge is 2.40. The average molecular weight is 391 g/mol. The molecule has 27 heavy (non-hydrogen) atoms. The zero-order valence-corrected chi connectivity index (χ0v) is 16.9. The van der Waals surface area contributed by atoms with Gasteiger partial charge in [-0.05, 0) is 38.9 Å². The Morgan fingerprint density at radius 3 is 2.48 bits per heavy atom. The van der Waals surface area contributed by atoms with E-state index in [4.69, 9.17) is 11.6 Å². The van der Waals surface area contributed by atoms with Crippen LogP contribution in [0.5, 0.6) is 0 Å². The van der Waals surface area contributed by atoms with E-state index < -0.39 is 11.6 Å². The van der Waals surface area contributed by atoms with Crippen LogP contribution in [0.1, 0.15) is 39.0 Å². The van der Waals surface area contributed by atoms with Crippen LogP contribution in [0.15, 0.2) is 24.3 Å². The summed E-state index contributed by atoms with van der Waals surface area (Å²) in [5.41, 5.74) is -0.191. The first-order chi connectivity index (χ1) is 12.8. The van der Waals surface area contributed by atoms with Gasteiger partial charge in [0.2, 0.25) is 11.8 Å². The van der Waals surface area contributed by atoms with Gasteiger partial charge in [0.1, 0.15) is 5.54 Å². The summed E-state index contributed by atoms with van der Waals surface area (Å²) in [5, 5.41) is 12.9. The molecule has 0 saturated heterocycles. The van der Waals surface area contributed by atoms with Crippen molar-refractivity contribution < 1.29 is 9.59 Å². The molecule has 1 saturated carbocycles. The van der Waals surface area contributed by atoms with Crippen molar-refractivity contribution in [1.82, 2.24) is 9.80 Å². The Bertz CT molecular complexity index is 725. The van der Waals surface area contributed by atoms with Crippen molar-refractivity contribution in [1.29, 1.82) is 5.26 Å². The Morgan fingerprint density at radius 1 is 1.26 bits per heavy atom. The number of carbonyl (C=O) groups is 2. The number of hydrogen-bond donors (Lipinski definition) is 1. The lowest BCUT2D eigenvalue weighted by atomic mass is 9.81. The number of hydrogen-bond acceptors (Lipinski definition) is 4. The summed E-state index contributed by atoms with van der Waals surface area (Å²) in [7, 11) is 3.42. The standard InChI is InChI=1S/C20H27ClN4O2/c1-15(19(27)25(3)20(14-22)11-7-4-8-12-20)24(2)13-18(26)23-17-10-6-5-9-16(17)21/h5-6,9-10,15H,4,7-8,11-13H2,1-3H3,(H,23,26). The van der Waals surface area contributed by atoms with Crippen molar-refractivity contribution >= 4 is 29.1 Å². The number of halogens is 1. The van der Waals surface area contributed by atoms with Crippen LogP contribution in [-0.4, -0.2) is 53.8 Å². The zero-order valence-electron chi connectivity index (χ0n) is 16.2. The van der Waals surface area contributed by atoms with E-state index in [0.717, 1.165) is 19.3 Å². The molecule has 0 bridgehead atoms. The molecule has 1 atom stereocenters. The minimum atomic E-state index is -0.732. The maximum Gasteiger partial charge on any atom is 0.240 e. The third kappa shape index (κ3) is 5.00. The third-order valence-electron chi connectivity index (χ3n) is 5.42. The van der Waals surface area contributed by atoms with E-state index in [1.165, 1.54) is 0 Å². The van der Waals surface area contributed by atoms with Crippen LogP contribution in [0.4, 0.5) is 5.69 Å². The number of para-hydroxylation sites is 1. The fourth-order valence-electron chi connectivity index (χ4n) is 3.45. The molecule has 2 rings (SSSR count). The van der Waals surface area contributed by atoms with Crippen molar-refractivity contribution in [2.24, 2.45) is 0 Å². The molecule has 2 amide bonds. The van der Waals surface area contributed by atoms with E-state index in [-0.39, 0.29) is 18.4 Å². The molecule has 1 aromatic carbocycles. The van der Waals surface area contributed by atoms with E-state index in [1.54, 1.807) is 55.1 Å². The second-order valence-electron chi connectivity index (χ2n) is 7.22. The number of nitrogens with zero attached hydrogens (tertiary/aromatic N) is 3. The molecular formula is C20H27ClN4O2. The van der Waals surface area contributed by atoms with Crippen molar-refractivity contribution in [2.45, 2.75) is 50.6 Å². The van der Waals surface area contributed by atoms with Gasteiger partial charge in [0.25, 0.3) is 0 Å². The molecule has 1 aromatic rings. The Hall–Kier alpha value is -2.10. The number of benzene rings is 1. The molecule has 1 unspecified atom stereocenters. The summed E-state index contributed by atoms with van der Waals surface area (Å²) in [6, 6.07) is 8.85. The minimum Gasteiger partial charge on any atom is -0.326 e. The lowest BCUT2D eigenvalue weighted by molar-refractivity contribution is -0.140. The molecule has 146 valence electrons. The van der Waals surface area contributed by atoms with Crippen molar-refractivity contribution in [2.75, 3.05) is 26.0 Å². The predicted octanol–water partition coefficient (Wildman–Crippen LogP) is 3.28. The predicted molar refractivity (Wildman–Crippen MR) is 106 cm³/mol. The highest BCUT2D eigenvalue weighted by Crippen LogP contribution is 2.33. The first-order valence-corrected chi connectivity index (χ1v) is 9.62. The number of anilines is 1. The van der Waals surface area contributed by atoms with Crippen molar-refractivity contribution in [3.05, 3.63) is 29.3 Å². The lowest BCUT2D eigenvalue weighted by Crippen LogP contribution is -2.55. The Kier molecular flexibility index (Phi) is 7.23. The van der Waals surface area contributed by atoms with Gasteiger partial charge >= 0.3 is 0 Å². The van der Waals surface area contributed by atoms with Gasteiger partial charge in [-0.2, -0.15) is 5.26 Å². The second kappa shape index (κ2) is 9.20. The molecule has 0 heterocycles. The van der Waals surface area contributed by atoms with Crippen LogP contribution in [0, 0.1) is 11.3 Å². The Balaban J connectivity index is 1.98. The highest BCUT2D eigenvalue weighted by atomic mass is 35.5. The summed E-state index contributed by atoms with van der Waals surface area (Å²) in [6.07, 6.45) is 4.42. The fraction of sp³-hybridized carbons (Fsp3) is 0.550. The smallest absolute Gasteiger partial charge is 0.240 e. The minimum absolute atomic E-state index is 0.0471. The molecule has 6 nitrogen and oxygen atoms in total. The topological polar surface area (TPSA) is 76.4 Å². The first kappa shape index (κ1) is 21.2. The van der Waals surface area contributed by atoms with Gasteiger partial charge in [0.15, 0.2) is 0 Å². The average Bonchev–Trinajstić information content (AvgIpc) is 2.68. The summed E-state index contributed by atoms with van der Waals surface area (Å²) < 4.78 is 0. The number of likely N-dealkylation sites (N-methyl/N-ethyl adjacent to an activating group) is 2. The molecule has 1 aliphatic rings. The molecule has 1 aliphatic carbocycles. The Morgan fingerprint density at radius 2 is 1.89 bits per heavy atom. The van der Waals surface area contributed by atoms with Crippen LogP contribution in [0.3, 0.4) is 0 Å². The first-order valence-electron chi connectivity index (χ1n) is 9.24. The van der Waals surface area contributed by atoms with Crippen LogP contribution < -0.4 is 5.32 Å². The van der Waals surface area contributed by atoms with Crippen LogP contribution in [-0.2, 0) is 9.59 Å². The lowest BCUT2D eigenvalue weighted by Gasteiger charge is -2.41. The molecular weight excluding hydrogens is 364 g/mol. The van der Waals surface area contributed by atoms with E-state index in [9.17, 15) is 14.9 Å². The summed E-state index contributed by atoms with van der Waals surface area (Å²) in [4.78, 5) is 28.5. The fourth-order valence-corrected chi connectivity index (χ4v) is 3.64.